The van der Waals surface area contributed by atoms with Gasteiger partial charge in [-0.15, -0.1) is 0 Å². The van der Waals surface area contributed by atoms with Crippen molar-refractivity contribution in [3.63, 3.8) is 0 Å². The molecule has 7 heteroatoms. The number of aromatic nitrogens is 1. The molecule has 2 aromatic rings. The predicted octanol–water partition coefficient (Wildman–Crippen LogP) is 5.37. The highest BCUT2D eigenvalue weighted by Crippen LogP contribution is 2.51. The maximum absolute atomic E-state index is 13.0. The van der Waals surface area contributed by atoms with Crippen molar-refractivity contribution in [3.8, 4) is 0 Å². The van der Waals surface area contributed by atoms with Crippen LogP contribution in [0.4, 0.5) is 4.79 Å². The lowest BCUT2D eigenvalue weighted by molar-refractivity contribution is -0.131. The summed E-state index contributed by atoms with van der Waals surface area (Å²) in [4.78, 5) is 31.7. The van der Waals surface area contributed by atoms with Gasteiger partial charge in [0.1, 0.15) is 11.2 Å². The molecule has 2 heterocycles. The Balaban J connectivity index is 1.68. The van der Waals surface area contributed by atoms with Gasteiger partial charge in [0.25, 0.3) is 5.91 Å². The van der Waals surface area contributed by atoms with Crippen molar-refractivity contribution in [2.24, 2.45) is 5.41 Å². The molecule has 1 saturated carbocycles. The van der Waals surface area contributed by atoms with Crippen LogP contribution in [0.2, 0.25) is 0 Å². The van der Waals surface area contributed by atoms with Gasteiger partial charge in [-0.3, -0.25) is 9.78 Å². The first kappa shape index (κ1) is 27.1. The van der Waals surface area contributed by atoms with Crippen LogP contribution in [0.3, 0.4) is 0 Å². The number of likely N-dealkylation sites (tertiary alicyclic amines) is 1. The van der Waals surface area contributed by atoms with E-state index in [0.717, 1.165) is 25.7 Å². The van der Waals surface area contributed by atoms with Crippen molar-refractivity contribution in [1.82, 2.24) is 15.2 Å². The number of aliphatic hydroxyl groups is 1. The standard InChI is InChI=1S/C30H41N3O4/c1-20(2)21-11-13-23(14-12-21)30(36,29(6)18-33(19-29)27(35)37-28(3,4)5)24-15-22(16-31-17-24)26(34)32-25-9-7-8-10-25/h11-17,20,25,36H,7-10,18-19H2,1-6H3,(H,32,34)/t30-/m0/s1. The van der Waals surface area contributed by atoms with E-state index in [1.165, 1.54) is 5.56 Å². The maximum Gasteiger partial charge on any atom is 0.410 e. The molecule has 7 nitrogen and oxygen atoms in total. The molecule has 200 valence electrons. The molecular formula is C30H41N3O4. The number of hydrogen-bond acceptors (Lipinski definition) is 5. The fourth-order valence-electron chi connectivity index (χ4n) is 5.55. The summed E-state index contributed by atoms with van der Waals surface area (Å²) in [6.45, 7) is 12.4. The molecule has 0 unspecified atom stereocenters. The van der Waals surface area contributed by atoms with Crippen LogP contribution in [0.1, 0.15) is 100 Å². The minimum absolute atomic E-state index is 0.173. The second-order valence-electron chi connectivity index (χ2n) is 12.3. The lowest BCUT2D eigenvalue weighted by atomic mass is 9.62. The Hall–Kier alpha value is -2.93. The van der Waals surface area contributed by atoms with Crippen molar-refractivity contribution < 1.29 is 19.4 Å². The van der Waals surface area contributed by atoms with Crippen LogP contribution in [0, 0.1) is 5.41 Å². The molecule has 1 aliphatic carbocycles. The summed E-state index contributed by atoms with van der Waals surface area (Å²) >= 11 is 0. The monoisotopic (exact) mass is 507 g/mol. The zero-order valence-electron chi connectivity index (χ0n) is 23.0. The van der Waals surface area contributed by atoms with Gasteiger partial charge in [-0.25, -0.2) is 4.79 Å². The molecule has 2 aliphatic rings. The zero-order valence-corrected chi connectivity index (χ0v) is 23.0. The van der Waals surface area contributed by atoms with Crippen LogP contribution in [0.25, 0.3) is 0 Å². The molecule has 4 rings (SSSR count). The summed E-state index contributed by atoms with van der Waals surface area (Å²) in [6, 6.07) is 9.88. The van der Waals surface area contributed by atoms with Crippen LogP contribution >= 0.6 is 0 Å². The summed E-state index contributed by atoms with van der Waals surface area (Å²) in [7, 11) is 0. The van der Waals surface area contributed by atoms with Gasteiger partial charge in [0.05, 0.1) is 5.56 Å². The van der Waals surface area contributed by atoms with E-state index < -0.39 is 22.7 Å². The van der Waals surface area contributed by atoms with Crippen LogP contribution in [0.15, 0.2) is 42.7 Å². The van der Waals surface area contributed by atoms with E-state index in [0.29, 0.717) is 35.7 Å². The van der Waals surface area contributed by atoms with Gasteiger partial charge in [-0.05, 0) is 56.7 Å². The van der Waals surface area contributed by atoms with Gasteiger partial charge < -0.3 is 20.1 Å². The number of amides is 2. The first-order chi connectivity index (χ1) is 17.3. The Morgan fingerprint density at radius 3 is 2.27 bits per heavy atom. The molecule has 1 aromatic heterocycles. The molecule has 0 bridgehead atoms. The quantitative estimate of drug-likeness (QED) is 0.548. The molecule has 1 saturated heterocycles. The fraction of sp³-hybridized carbons (Fsp3) is 0.567. The van der Waals surface area contributed by atoms with Gasteiger partial charge in [-0.1, -0.05) is 57.9 Å². The number of benzene rings is 1. The SMILES string of the molecule is CC(C)c1ccc([C@](O)(c2cncc(C(=O)NC3CCCC3)c2)C2(C)CN(C(=O)OC(C)(C)C)C2)cc1. The van der Waals surface area contributed by atoms with E-state index in [1.807, 2.05) is 52.0 Å². The van der Waals surface area contributed by atoms with E-state index >= 15 is 0 Å². The number of nitrogens with zero attached hydrogens (tertiary/aromatic N) is 2. The Labute approximate surface area is 220 Å². The molecule has 1 aromatic carbocycles. The number of pyridine rings is 1. The van der Waals surface area contributed by atoms with Crippen molar-refractivity contribution in [2.75, 3.05) is 13.1 Å². The van der Waals surface area contributed by atoms with Crippen molar-refractivity contribution in [1.29, 1.82) is 0 Å². The summed E-state index contributed by atoms with van der Waals surface area (Å²) in [5.74, 6) is 0.182. The molecule has 0 radical (unpaired) electrons. The highest BCUT2D eigenvalue weighted by Gasteiger charge is 2.58. The number of nitrogens with one attached hydrogen (secondary N) is 1. The highest BCUT2D eigenvalue weighted by molar-refractivity contribution is 5.94. The molecule has 2 amide bonds. The minimum Gasteiger partial charge on any atom is -0.444 e. The molecule has 0 spiro atoms. The second kappa shape index (κ2) is 10.1. The molecule has 2 fully saturated rings. The van der Waals surface area contributed by atoms with Crippen molar-refractivity contribution >= 4 is 12.0 Å². The maximum atomic E-state index is 13.0. The lowest BCUT2D eigenvalue weighted by Crippen LogP contribution is -2.66. The number of carbonyl (C=O) groups is 2. The van der Waals surface area contributed by atoms with Gasteiger partial charge >= 0.3 is 6.09 Å². The first-order valence-corrected chi connectivity index (χ1v) is 13.4. The lowest BCUT2D eigenvalue weighted by Gasteiger charge is -2.56. The average Bonchev–Trinajstić information content (AvgIpc) is 3.33. The van der Waals surface area contributed by atoms with Crippen molar-refractivity contribution in [2.45, 2.75) is 90.4 Å². The predicted molar refractivity (Wildman–Crippen MR) is 143 cm³/mol. The Bertz CT molecular complexity index is 1130. The highest BCUT2D eigenvalue weighted by atomic mass is 16.6. The number of hydrogen-bond donors (Lipinski definition) is 2. The second-order valence-corrected chi connectivity index (χ2v) is 12.3. The first-order valence-electron chi connectivity index (χ1n) is 13.4. The normalized spacial score (nSPS) is 19.3. The van der Waals surface area contributed by atoms with E-state index in [-0.39, 0.29) is 11.9 Å². The topological polar surface area (TPSA) is 91.8 Å². The summed E-state index contributed by atoms with van der Waals surface area (Å²) in [5, 5.41) is 15.6. The number of ether oxygens (including phenoxy) is 1. The fourth-order valence-corrected chi connectivity index (χ4v) is 5.55. The third-order valence-corrected chi connectivity index (χ3v) is 7.71. The van der Waals surface area contributed by atoms with Crippen LogP contribution in [-0.4, -0.2) is 51.7 Å². The third-order valence-electron chi connectivity index (χ3n) is 7.71. The molecule has 1 aliphatic heterocycles. The Kier molecular flexibility index (Phi) is 7.39. The number of rotatable bonds is 6. The van der Waals surface area contributed by atoms with Crippen molar-refractivity contribution in [3.05, 3.63) is 65.0 Å². The van der Waals surface area contributed by atoms with Gasteiger partial charge in [0, 0.05) is 42.5 Å². The summed E-state index contributed by atoms with van der Waals surface area (Å²) in [5.41, 5.74) is 0.0466. The molecule has 1 atom stereocenters. The Morgan fingerprint density at radius 2 is 1.70 bits per heavy atom. The molecule has 37 heavy (non-hydrogen) atoms. The van der Waals surface area contributed by atoms with Gasteiger partial charge in [0.15, 0.2) is 0 Å². The summed E-state index contributed by atoms with van der Waals surface area (Å²) in [6.07, 6.45) is 7.01. The minimum atomic E-state index is -1.47. The molecule has 2 N–H and O–H groups in total. The van der Waals surface area contributed by atoms with Crippen LogP contribution in [-0.2, 0) is 10.3 Å². The van der Waals surface area contributed by atoms with Gasteiger partial charge in [0.2, 0.25) is 0 Å². The van der Waals surface area contributed by atoms with Crippen LogP contribution in [0.5, 0.6) is 0 Å². The smallest absolute Gasteiger partial charge is 0.410 e. The van der Waals surface area contributed by atoms with Gasteiger partial charge in [-0.2, -0.15) is 0 Å². The van der Waals surface area contributed by atoms with E-state index in [4.69, 9.17) is 4.74 Å². The molecular weight excluding hydrogens is 466 g/mol. The Morgan fingerprint density at radius 1 is 1.08 bits per heavy atom. The van der Waals surface area contributed by atoms with Crippen LogP contribution < -0.4 is 5.32 Å². The zero-order chi connectivity index (χ0) is 27.0. The van der Waals surface area contributed by atoms with E-state index in [9.17, 15) is 14.7 Å². The number of carbonyl (C=O) groups excluding carboxylic acids is 2. The third kappa shape index (κ3) is 5.52. The van der Waals surface area contributed by atoms with E-state index in [1.54, 1.807) is 23.4 Å². The van der Waals surface area contributed by atoms with E-state index in [2.05, 4.69) is 24.1 Å². The average molecular weight is 508 g/mol. The summed E-state index contributed by atoms with van der Waals surface area (Å²) < 4.78 is 5.56. The largest absolute Gasteiger partial charge is 0.444 e.